The summed E-state index contributed by atoms with van der Waals surface area (Å²) in [7, 11) is 1.44. The Kier molecular flexibility index (Phi) is 3.73. The number of ether oxygens (including phenoxy) is 1. The molecule has 0 heterocycles. The summed E-state index contributed by atoms with van der Waals surface area (Å²) >= 11 is 0. The Morgan fingerprint density at radius 1 is 1.43 bits per heavy atom. The monoisotopic (exact) mass is 198 g/mol. The van der Waals surface area contributed by atoms with Crippen molar-refractivity contribution in [3.8, 4) is 11.5 Å². The minimum absolute atomic E-state index is 0.0347. The predicted molar refractivity (Wildman–Crippen MR) is 51.3 cm³/mol. The highest BCUT2D eigenvalue weighted by Gasteiger charge is 2.09. The van der Waals surface area contributed by atoms with Crippen LogP contribution in [0.1, 0.15) is 18.1 Å². The number of methoxy groups -OCH3 is 1. The standard InChI is InChI=1S/C10H14O4/c1-14-10-6-7(2-3-9(10)13)8(12)4-5-11/h2-3,6,8,11-13H,4-5H2,1H3. The summed E-state index contributed by atoms with van der Waals surface area (Å²) in [6, 6.07) is 4.60. The second-order valence-corrected chi connectivity index (χ2v) is 2.96. The van der Waals surface area contributed by atoms with Crippen LogP contribution >= 0.6 is 0 Å². The highest BCUT2D eigenvalue weighted by molar-refractivity contribution is 5.42. The summed E-state index contributed by atoms with van der Waals surface area (Å²) < 4.78 is 4.89. The third-order valence-corrected chi connectivity index (χ3v) is 1.99. The summed E-state index contributed by atoms with van der Waals surface area (Å²) in [6.45, 7) is -0.0790. The van der Waals surface area contributed by atoms with Gasteiger partial charge < -0.3 is 20.1 Å². The van der Waals surface area contributed by atoms with Crippen LogP contribution in [0.25, 0.3) is 0 Å². The van der Waals surface area contributed by atoms with Gasteiger partial charge >= 0.3 is 0 Å². The highest BCUT2D eigenvalue weighted by atomic mass is 16.5. The minimum Gasteiger partial charge on any atom is -0.504 e. The highest BCUT2D eigenvalue weighted by Crippen LogP contribution is 2.29. The molecule has 0 saturated heterocycles. The van der Waals surface area contributed by atoms with Crippen molar-refractivity contribution in [1.82, 2.24) is 0 Å². The molecule has 0 spiro atoms. The first kappa shape index (κ1) is 10.8. The second-order valence-electron chi connectivity index (χ2n) is 2.96. The van der Waals surface area contributed by atoms with Crippen molar-refractivity contribution in [1.29, 1.82) is 0 Å². The van der Waals surface area contributed by atoms with Crippen LogP contribution in [0.2, 0.25) is 0 Å². The zero-order chi connectivity index (χ0) is 10.6. The predicted octanol–water partition coefficient (Wildman–Crippen LogP) is 0.817. The normalized spacial score (nSPS) is 12.5. The summed E-state index contributed by atoms with van der Waals surface area (Å²) in [5, 5.41) is 27.5. The molecule has 1 aromatic carbocycles. The molecular weight excluding hydrogens is 184 g/mol. The van der Waals surface area contributed by atoms with Gasteiger partial charge in [-0.25, -0.2) is 0 Å². The number of benzene rings is 1. The van der Waals surface area contributed by atoms with E-state index in [2.05, 4.69) is 0 Å². The maximum absolute atomic E-state index is 9.53. The first-order valence-corrected chi connectivity index (χ1v) is 4.35. The van der Waals surface area contributed by atoms with Crippen LogP contribution in [0.3, 0.4) is 0 Å². The lowest BCUT2D eigenvalue weighted by molar-refractivity contribution is 0.134. The van der Waals surface area contributed by atoms with Crippen LogP contribution in [0, 0.1) is 0 Å². The number of hydrogen-bond donors (Lipinski definition) is 3. The Balaban J connectivity index is 2.88. The molecule has 0 saturated carbocycles. The van der Waals surface area contributed by atoms with E-state index in [4.69, 9.17) is 9.84 Å². The van der Waals surface area contributed by atoms with Crippen molar-refractivity contribution < 1.29 is 20.1 Å². The van der Waals surface area contributed by atoms with E-state index in [0.717, 1.165) is 0 Å². The number of aromatic hydroxyl groups is 1. The van der Waals surface area contributed by atoms with Crippen LogP contribution in [0.4, 0.5) is 0 Å². The molecular formula is C10H14O4. The van der Waals surface area contributed by atoms with Gasteiger partial charge in [0.25, 0.3) is 0 Å². The van der Waals surface area contributed by atoms with E-state index in [1.165, 1.54) is 13.2 Å². The Morgan fingerprint density at radius 3 is 2.71 bits per heavy atom. The van der Waals surface area contributed by atoms with Crippen molar-refractivity contribution in [3.63, 3.8) is 0 Å². The summed E-state index contributed by atoms with van der Waals surface area (Å²) in [4.78, 5) is 0. The fourth-order valence-electron chi connectivity index (χ4n) is 1.19. The van der Waals surface area contributed by atoms with Gasteiger partial charge in [-0.2, -0.15) is 0 Å². The molecule has 78 valence electrons. The molecule has 1 atom stereocenters. The zero-order valence-electron chi connectivity index (χ0n) is 7.97. The molecule has 0 amide bonds. The van der Waals surface area contributed by atoms with Crippen molar-refractivity contribution in [3.05, 3.63) is 23.8 Å². The van der Waals surface area contributed by atoms with E-state index in [1.807, 2.05) is 0 Å². The maximum Gasteiger partial charge on any atom is 0.160 e. The minimum atomic E-state index is -0.727. The van der Waals surface area contributed by atoms with Gasteiger partial charge in [0.15, 0.2) is 11.5 Å². The second kappa shape index (κ2) is 4.83. The maximum atomic E-state index is 9.53. The smallest absolute Gasteiger partial charge is 0.160 e. The van der Waals surface area contributed by atoms with Gasteiger partial charge in [-0.3, -0.25) is 0 Å². The Hall–Kier alpha value is -1.26. The quantitative estimate of drug-likeness (QED) is 0.669. The average molecular weight is 198 g/mol. The van der Waals surface area contributed by atoms with Gasteiger partial charge in [-0.05, 0) is 17.7 Å². The van der Waals surface area contributed by atoms with E-state index in [0.29, 0.717) is 11.3 Å². The number of aliphatic hydroxyl groups is 2. The number of rotatable bonds is 4. The summed E-state index contributed by atoms with van der Waals surface area (Å²) in [6.07, 6.45) is -0.456. The third-order valence-electron chi connectivity index (χ3n) is 1.99. The lowest BCUT2D eigenvalue weighted by Crippen LogP contribution is -2.00. The summed E-state index contributed by atoms with van der Waals surface area (Å²) in [5.74, 6) is 0.354. The van der Waals surface area contributed by atoms with E-state index in [1.54, 1.807) is 12.1 Å². The van der Waals surface area contributed by atoms with Gasteiger partial charge in [0.1, 0.15) is 0 Å². The molecule has 0 aliphatic heterocycles. The lowest BCUT2D eigenvalue weighted by atomic mass is 10.1. The zero-order valence-corrected chi connectivity index (χ0v) is 7.97. The molecule has 0 aliphatic carbocycles. The van der Waals surface area contributed by atoms with Crippen LogP contribution in [-0.2, 0) is 0 Å². The average Bonchev–Trinajstić information content (AvgIpc) is 2.19. The lowest BCUT2D eigenvalue weighted by Gasteiger charge is -2.11. The SMILES string of the molecule is COc1cc(C(O)CCO)ccc1O. The number of aliphatic hydroxyl groups excluding tert-OH is 2. The van der Waals surface area contributed by atoms with E-state index in [9.17, 15) is 10.2 Å². The van der Waals surface area contributed by atoms with Gasteiger partial charge in [0.05, 0.1) is 13.2 Å². The molecule has 14 heavy (non-hydrogen) atoms. The number of phenolic OH excluding ortho intramolecular Hbond substituents is 1. The Bertz CT molecular complexity index is 298. The van der Waals surface area contributed by atoms with Crippen LogP contribution < -0.4 is 4.74 Å². The molecule has 0 radical (unpaired) electrons. The van der Waals surface area contributed by atoms with Crippen molar-refractivity contribution in [2.75, 3.05) is 13.7 Å². The topological polar surface area (TPSA) is 69.9 Å². The summed E-state index contributed by atoms with van der Waals surface area (Å²) in [5.41, 5.74) is 0.619. The molecule has 0 bridgehead atoms. The third kappa shape index (κ3) is 2.37. The molecule has 1 rings (SSSR count). The van der Waals surface area contributed by atoms with Crippen LogP contribution in [0.15, 0.2) is 18.2 Å². The van der Waals surface area contributed by atoms with Gasteiger partial charge in [0.2, 0.25) is 0 Å². The molecule has 1 unspecified atom stereocenters. The van der Waals surface area contributed by atoms with Crippen molar-refractivity contribution in [2.24, 2.45) is 0 Å². The fraction of sp³-hybridized carbons (Fsp3) is 0.400. The van der Waals surface area contributed by atoms with Gasteiger partial charge in [-0.1, -0.05) is 6.07 Å². The number of phenols is 1. The molecule has 1 aromatic rings. The molecule has 3 N–H and O–H groups in total. The fourth-order valence-corrected chi connectivity index (χ4v) is 1.19. The van der Waals surface area contributed by atoms with Gasteiger partial charge in [-0.15, -0.1) is 0 Å². The number of hydrogen-bond acceptors (Lipinski definition) is 4. The molecule has 0 fully saturated rings. The van der Waals surface area contributed by atoms with E-state index >= 15 is 0 Å². The largest absolute Gasteiger partial charge is 0.504 e. The first-order chi connectivity index (χ1) is 6.69. The molecule has 4 heteroatoms. The molecule has 0 aromatic heterocycles. The Labute approximate surface area is 82.4 Å². The van der Waals surface area contributed by atoms with E-state index in [-0.39, 0.29) is 18.8 Å². The van der Waals surface area contributed by atoms with Crippen LogP contribution in [0.5, 0.6) is 11.5 Å². The Morgan fingerprint density at radius 2 is 2.14 bits per heavy atom. The molecule has 4 nitrogen and oxygen atoms in total. The van der Waals surface area contributed by atoms with Crippen molar-refractivity contribution >= 4 is 0 Å². The first-order valence-electron chi connectivity index (χ1n) is 4.35. The van der Waals surface area contributed by atoms with Crippen LogP contribution in [-0.4, -0.2) is 29.0 Å². The van der Waals surface area contributed by atoms with Gasteiger partial charge in [0, 0.05) is 13.0 Å². The van der Waals surface area contributed by atoms with Crippen molar-refractivity contribution in [2.45, 2.75) is 12.5 Å². The molecule has 0 aliphatic rings. The van der Waals surface area contributed by atoms with E-state index < -0.39 is 6.10 Å².